The van der Waals surface area contributed by atoms with Gasteiger partial charge in [0.05, 0.1) is 11.0 Å². The summed E-state index contributed by atoms with van der Waals surface area (Å²) in [5, 5.41) is 0. The van der Waals surface area contributed by atoms with Gasteiger partial charge in [0.15, 0.2) is 0 Å². The molecule has 8 heteroatoms. The molecule has 27 heavy (non-hydrogen) atoms. The van der Waals surface area contributed by atoms with Crippen LogP contribution in [0.15, 0.2) is 16.9 Å². The zero-order chi connectivity index (χ0) is 19.9. The molecule has 3 rings (SSSR count). The van der Waals surface area contributed by atoms with E-state index in [0.717, 1.165) is 35.0 Å². The van der Waals surface area contributed by atoms with Crippen molar-refractivity contribution in [1.29, 1.82) is 0 Å². The van der Waals surface area contributed by atoms with Crippen LogP contribution in [0.5, 0.6) is 0 Å². The number of aryl methyl sites for hydroxylation is 2. The molecule has 146 valence electrons. The van der Waals surface area contributed by atoms with E-state index >= 15 is 0 Å². The summed E-state index contributed by atoms with van der Waals surface area (Å²) in [4.78, 5) is 30.5. The number of likely N-dealkylation sites (tertiary alicyclic amines) is 1. The molecule has 0 bridgehead atoms. The molecule has 1 saturated heterocycles. The van der Waals surface area contributed by atoms with Crippen LogP contribution in [0.2, 0.25) is 0 Å². The molecule has 2 heterocycles. The average molecular weight is 381 g/mol. The maximum Gasteiger partial charge on any atom is 0.438 e. The fourth-order valence-corrected chi connectivity index (χ4v) is 3.53. The van der Waals surface area contributed by atoms with E-state index in [2.05, 4.69) is 4.98 Å². The van der Waals surface area contributed by atoms with Crippen LogP contribution in [0.4, 0.5) is 13.2 Å². The van der Waals surface area contributed by atoms with E-state index in [4.69, 9.17) is 0 Å². The third-order valence-electron chi connectivity index (χ3n) is 5.25. The first-order valence-electron chi connectivity index (χ1n) is 8.98. The zero-order valence-corrected chi connectivity index (χ0v) is 15.6. The van der Waals surface area contributed by atoms with Crippen molar-refractivity contribution < 1.29 is 18.0 Å². The second kappa shape index (κ2) is 6.98. The summed E-state index contributed by atoms with van der Waals surface area (Å²) in [7, 11) is 0. The van der Waals surface area contributed by atoms with Gasteiger partial charge in [0.2, 0.25) is 11.6 Å². The lowest BCUT2D eigenvalue weighted by molar-refractivity contribution is -0.143. The molecule has 1 aliphatic rings. The van der Waals surface area contributed by atoms with Gasteiger partial charge in [0.1, 0.15) is 6.54 Å². The first kappa shape index (κ1) is 19.4. The molecule has 5 nitrogen and oxygen atoms in total. The van der Waals surface area contributed by atoms with Gasteiger partial charge in [-0.3, -0.25) is 14.2 Å². The molecule has 1 aliphatic heterocycles. The van der Waals surface area contributed by atoms with E-state index in [-0.39, 0.29) is 23.0 Å². The molecule has 0 saturated carbocycles. The number of aromatic nitrogens is 2. The van der Waals surface area contributed by atoms with E-state index in [9.17, 15) is 22.8 Å². The SMILES string of the molecule is Cc1cc2nc(C(F)(F)F)c(=O)n(CC(=O)N3CCCC[C@@H]3C)c2cc1C. The topological polar surface area (TPSA) is 55.2 Å². The highest BCUT2D eigenvalue weighted by molar-refractivity contribution is 5.81. The lowest BCUT2D eigenvalue weighted by Gasteiger charge is -2.33. The Hall–Kier alpha value is -2.38. The molecule has 1 amide bonds. The minimum atomic E-state index is -4.88. The zero-order valence-electron chi connectivity index (χ0n) is 15.6. The Bertz CT molecular complexity index is 950. The highest BCUT2D eigenvalue weighted by Gasteiger charge is 2.38. The second-order valence-corrected chi connectivity index (χ2v) is 7.21. The van der Waals surface area contributed by atoms with E-state index in [0.29, 0.717) is 6.54 Å². The highest BCUT2D eigenvalue weighted by atomic mass is 19.4. The van der Waals surface area contributed by atoms with Crippen LogP contribution >= 0.6 is 0 Å². The molecule has 1 aromatic carbocycles. The van der Waals surface area contributed by atoms with Crippen LogP contribution in [0, 0.1) is 13.8 Å². The third kappa shape index (κ3) is 3.70. The number of fused-ring (bicyclic) bond motifs is 1. The van der Waals surface area contributed by atoms with E-state index in [1.165, 1.54) is 6.07 Å². The van der Waals surface area contributed by atoms with Gasteiger partial charge in [-0.05, 0) is 63.3 Å². The molecule has 0 N–H and O–H groups in total. The number of rotatable bonds is 2. The number of nitrogens with zero attached hydrogens (tertiary/aromatic N) is 3. The van der Waals surface area contributed by atoms with E-state index in [1.54, 1.807) is 24.8 Å². The summed E-state index contributed by atoms with van der Waals surface area (Å²) < 4.78 is 40.9. The summed E-state index contributed by atoms with van der Waals surface area (Å²) in [6, 6.07) is 3.15. The Morgan fingerprint density at radius 2 is 1.89 bits per heavy atom. The Balaban J connectivity index is 2.14. The van der Waals surface area contributed by atoms with Crippen LogP contribution < -0.4 is 5.56 Å². The van der Waals surface area contributed by atoms with E-state index < -0.39 is 24.0 Å². The number of halogens is 3. The first-order valence-corrected chi connectivity index (χ1v) is 8.98. The average Bonchev–Trinajstić information content (AvgIpc) is 2.58. The van der Waals surface area contributed by atoms with Gasteiger partial charge < -0.3 is 4.90 Å². The van der Waals surface area contributed by atoms with Crippen molar-refractivity contribution in [3.63, 3.8) is 0 Å². The molecule has 2 aromatic rings. The molecular weight excluding hydrogens is 359 g/mol. The van der Waals surface area contributed by atoms with Gasteiger partial charge in [-0.1, -0.05) is 0 Å². The number of hydrogen-bond donors (Lipinski definition) is 0. The Labute approximate surface area is 154 Å². The van der Waals surface area contributed by atoms with Crippen molar-refractivity contribution in [1.82, 2.24) is 14.5 Å². The highest BCUT2D eigenvalue weighted by Crippen LogP contribution is 2.27. The predicted octanol–water partition coefficient (Wildman–Crippen LogP) is 3.43. The summed E-state index contributed by atoms with van der Waals surface area (Å²) in [5.74, 6) is -0.344. The minimum Gasteiger partial charge on any atom is -0.338 e. The fourth-order valence-electron chi connectivity index (χ4n) is 3.53. The largest absolute Gasteiger partial charge is 0.438 e. The molecular formula is C19H22F3N3O2. The summed E-state index contributed by atoms with van der Waals surface area (Å²) in [6.45, 7) is 5.62. The van der Waals surface area contributed by atoms with Gasteiger partial charge >= 0.3 is 6.18 Å². The molecule has 0 aliphatic carbocycles. The maximum absolute atomic E-state index is 13.3. The van der Waals surface area contributed by atoms with Gasteiger partial charge in [-0.15, -0.1) is 0 Å². The molecule has 1 atom stereocenters. The standard InChI is InChI=1S/C19H22F3N3O2/c1-11-8-14-15(9-12(11)2)25(18(27)17(23-14)19(20,21)22)10-16(26)24-7-5-4-6-13(24)3/h8-9,13H,4-7,10H2,1-3H3/t13-/m0/s1. The summed E-state index contributed by atoms with van der Waals surface area (Å²) >= 11 is 0. The van der Waals surface area contributed by atoms with Crippen LogP contribution in [0.1, 0.15) is 43.0 Å². The molecule has 0 spiro atoms. The van der Waals surface area contributed by atoms with Crippen LogP contribution in [0.25, 0.3) is 11.0 Å². The fraction of sp³-hybridized carbons (Fsp3) is 0.526. The van der Waals surface area contributed by atoms with Crippen molar-refractivity contribution >= 4 is 16.9 Å². The van der Waals surface area contributed by atoms with Gasteiger partial charge in [-0.25, -0.2) is 4.98 Å². The van der Waals surface area contributed by atoms with Crippen LogP contribution in [-0.4, -0.2) is 32.9 Å². The predicted molar refractivity (Wildman–Crippen MR) is 95.5 cm³/mol. The first-order chi connectivity index (χ1) is 12.6. The van der Waals surface area contributed by atoms with Crippen LogP contribution in [-0.2, 0) is 17.5 Å². The number of carbonyl (C=O) groups excluding carboxylic acids is 1. The van der Waals surface area contributed by atoms with Crippen molar-refractivity contribution in [3.05, 3.63) is 39.3 Å². The minimum absolute atomic E-state index is 0.0149. The molecule has 0 radical (unpaired) electrons. The number of amides is 1. The molecule has 0 unspecified atom stereocenters. The Kier molecular flexibility index (Phi) is 5.01. The number of piperidine rings is 1. The number of carbonyl (C=O) groups is 1. The van der Waals surface area contributed by atoms with E-state index in [1.807, 2.05) is 6.92 Å². The molecule has 1 fully saturated rings. The smallest absolute Gasteiger partial charge is 0.338 e. The molecule has 1 aromatic heterocycles. The number of hydrogen-bond acceptors (Lipinski definition) is 3. The van der Waals surface area contributed by atoms with Gasteiger partial charge in [-0.2, -0.15) is 13.2 Å². The lowest BCUT2D eigenvalue weighted by Crippen LogP contribution is -2.45. The summed E-state index contributed by atoms with van der Waals surface area (Å²) in [6.07, 6.45) is -2.16. The number of benzene rings is 1. The summed E-state index contributed by atoms with van der Waals surface area (Å²) in [5.41, 5.74) is -0.882. The monoisotopic (exact) mass is 381 g/mol. The Morgan fingerprint density at radius 1 is 1.22 bits per heavy atom. The van der Waals surface area contributed by atoms with Gasteiger partial charge in [0.25, 0.3) is 5.56 Å². The van der Waals surface area contributed by atoms with Crippen molar-refractivity contribution in [2.45, 2.75) is 58.8 Å². The van der Waals surface area contributed by atoms with Crippen molar-refractivity contribution in [2.75, 3.05) is 6.54 Å². The van der Waals surface area contributed by atoms with Crippen molar-refractivity contribution in [2.24, 2.45) is 0 Å². The second-order valence-electron chi connectivity index (χ2n) is 7.21. The normalized spacial score (nSPS) is 18.1. The Morgan fingerprint density at radius 3 is 2.52 bits per heavy atom. The number of alkyl halides is 3. The van der Waals surface area contributed by atoms with Gasteiger partial charge in [0, 0.05) is 12.6 Å². The quantitative estimate of drug-likeness (QED) is 0.801. The van der Waals surface area contributed by atoms with Crippen LogP contribution in [0.3, 0.4) is 0 Å². The van der Waals surface area contributed by atoms with Crippen molar-refractivity contribution in [3.8, 4) is 0 Å². The lowest BCUT2D eigenvalue weighted by atomic mass is 10.0. The maximum atomic E-state index is 13.3. The third-order valence-corrected chi connectivity index (χ3v) is 5.25.